The summed E-state index contributed by atoms with van der Waals surface area (Å²) in [5.41, 5.74) is -0.249. The van der Waals surface area contributed by atoms with Crippen molar-refractivity contribution in [2.45, 2.75) is 17.4 Å². The molecule has 114 valence electrons. The van der Waals surface area contributed by atoms with Crippen LogP contribution in [-0.2, 0) is 14.8 Å². The van der Waals surface area contributed by atoms with Crippen LogP contribution in [0.1, 0.15) is 16.8 Å². The largest absolute Gasteiger partial charge is 0.496 e. The number of carbonyl (C=O) groups is 2. The van der Waals surface area contributed by atoms with Crippen LogP contribution in [0.4, 0.5) is 0 Å². The lowest BCUT2D eigenvalue weighted by Crippen LogP contribution is -2.36. The molecule has 1 fully saturated rings. The highest BCUT2D eigenvalue weighted by Gasteiger charge is 2.27. The Bertz CT molecular complexity index is 685. The molecule has 2 rings (SSSR count). The summed E-state index contributed by atoms with van der Waals surface area (Å²) in [6.07, 6.45) is 0.0567. The van der Waals surface area contributed by atoms with Gasteiger partial charge in [0.25, 0.3) is 0 Å². The number of benzene rings is 1. The van der Waals surface area contributed by atoms with E-state index in [2.05, 4.69) is 10.0 Å². The Kier molecular flexibility index (Phi) is 4.14. The summed E-state index contributed by atoms with van der Waals surface area (Å²) < 4.78 is 31.6. The van der Waals surface area contributed by atoms with Crippen LogP contribution < -0.4 is 14.8 Å². The molecule has 1 aliphatic heterocycles. The van der Waals surface area contributed by atoms with E-state index >= 15 is 0 Å². The van der Waals surface area contributed by atoms with Gasteiger partial charge in [-0.05, 0) is 18.2 Å². The zero-order valence-corrected chi connectivity index (χ0v) is 11.9. The van der Waals surface area contributed by atoms with Crippen molar-refractivity contribution in [1.29, 1.82) is 0 Å². The van der Waals surface area contributed by atoms with E-state index in [1.165, 1.54) is 19.2 Å². The zero-order valence-electron chi connectivity index (χ0n) is 11.1. The molecular formula is C12H14N2O6S. The van der Waals surface area contributed by atoms with E-state index in [1.807, 2.05) is 0 Å². The number of carboxylic acids is 1. The molecule has 0 aliphatic carbocycles. The maximum atomic E-state index is 12.2. The Balaban J connectivity index is 2.29. The number of hydrogen-bond acceptors (Lipinski definition) is 5. The smallest absolute Gasteiger partial charge is 0.339 e. The Labute approximate surface area is 121 Å². The number of rotatable bonds is 5. The molecule has 1 aromatic carbocycles. The molecule has 3 N–H and O–H groups in total. The van der Waals surface area contributed by atoms with Crippen molar-refractivity contribution in [3.63, 3.8) is 0 Å². The van der Waals surface area contributed by atoms with E-state index in [0.29, 0.717) is 0 Å². The first-order valence-corrected chi connectivity index (χ1v) is 7.52. The fraction of sp³-hybridized carbons (Fsp3) is 0.333. The predicted octanol–water partition coefficient (Wildman–Crippen LogP) is -0.440. The highest BCUT2D eigenvalue weighted by atomic mass is 32.2. The molecule has 0 aromatic heterocycles. The number of amides is 1. The van der Waals surface area contributed by atoms with Crippen LogP contribution in [0, 0.1) is 0 Å². The van der Waals surface area contributed by atoms with E-state index in [4.69, 9.17) is 9.84 Å². The average Bonchev–Trinajstić information content (AvgIpc) is 2.82. The maximum absolute atomic E-state index is 12.2. The lowest BCUT2D eigenvalue weighted by atomic mass is 10.2. The van der Waals surface area contributed by atoms with Gasteiger partial charge in [-0.1, -0.05) is 0 Å². The second kappa shape index (κ2) is 5.70. The lowest BCUT2D eigenvalue weighted by Gasteiger charge is -2.12. The minimum absolute atomic E-state index is 0.0567. The summed E-state index contributed by atoms with van der Waals surface area (Å²) in [5, 5.41) is 11.6. The van der Waals surface area contributed by atoms with Gasteiger partial charge in [-0.25, -0.2) is 17.9 Å². The topological polar surface area (TPSA) is 122 Å². The Morgan fingerprint density at radius 1 is 1.48 bits per heavy atom. The summed E-state index contributed by atoms with van der Waals surface area (Å²) in [6.45, 7) is 0.208. The third-order valence-corrected chi connectivity index (χ3v) is 4.53. The molecular weight excluding hydrogens is 300 g/mol. The molecule has 1 heterocycles. The summed E-state index contributed by atoms with van der Waals surface area (Å²) in [6, 6.07) is 3.00. The summed E-state index contributed by atoms with van der Waals surface area (Å²) >= 11 is 0. The minimum Gasteiger partial charge on any atom is -0.496 e. The fourth-order valence-corrected chi connectivity index (χ4v) is 3.26. The number of hydrogen-bond donors (Lipinski definition) is 3. The van der Waals surface area contributed by atoms with Gasteiger partial charge < -0.3 is 15.2 Å². The van der Waals surface area contributed by atoms with E-state index in [9.17, 15) is 18.0 Å². The van der Waals surface area contributed by atoms with Crippen molar-refractivity contribution in [2.75, 3.05) is 13.7 Å². The number of sulfonamides is 1. The Morgan fingerprint density at radius 3 is 2.71 bits per heavy atom. The van der Waals surface area contributed by atoms with Gasteiger partial charge >= 0.3 is 5.97 Å². The number of carboxylic acid groups (broad SMARTS) is 1. The highest BCUT2D eigenvalue weighted by Crippen LogP contribution is 2.22. The third kappa shape index (κ3) is 3.31. The van der Waals surface area contributed by atoms with Gasteiger partial charge in [-0.2, -0.15) is 0 Å². The monoisotopic (exact) mass is 314 g/mol. The van der Waals surface area contributed by atoms with Crippen molar-refractivity contribution < 1.29 is 27.9 Å². The van der Waals surface area contributed by atoms with Crippen molar-refractivity contribution in [1.82, 2.24) is 10.0 Å². The number of ether oxygens (including phenoxy) is 1. The minimum atomic E-state index is -3.91. The van der Waals surface area contributed by atoms with Gasteiger partial charge in [-0.15, -0.1) is 0 Å². The van der Waals surface area contributed by atoms with E-state index in [-0.39, 0.29) is 35.1 Å². The van der Waals surface area contributed by atoms with Crippen molar-refractivity contribution >= 4 is 21.9 Å². The lowest BCUT2D eigenvalue weighted by molar-refractivity contribution is -0.119. The normalized spacial score (nSPS) is 18.3. The average molecular weight is 314 g/mol. The molecule has 0 saturated carbocycles. The molecule has 8 nitrogen and oxygen atoms in total. The van der Waals surface area contributed by atoms with Crippen LogP contribution in [0.15, 0.2) is 23.1 Å². The van der Waals surface area contributed by atoms with Crippen molar-refractivity contribution in [3.05, 3.63) is 23.8 Å². The standard InChI is InChI=1S/C12H14N2O6S/c1-20-10-3-2-8(5-9(10)12(16)17)21(18,19)14-7-4-11(15)13-6-7/h2-3,5,7,14H,4,6H2,1H3,(H,13,15)(H,16,17). The molecule has 9 heteroatoms. The Hall–Kier alpha value is -2.13. The molecule has 1 amide bonds. The van der Waals surface area contributed by atoms with Crippen LogP contribution >= 0.6 is 0 Å². The van der Waals surface area contributed by atoms with Crippen molar-refractivity contribution in [2.24, 2.45) is 0 Å². The predicted molar refractivity (Wildman–Crippen MR) is 71.7 cm³/mol. The second-order valence-electron chi connectivity index (χ2n) is 4.49. The first kappa shape index (κ1) is 15.3. The quantitative estimate of drug-likeness (QED) is 0.677. The first-order chi connectivity index (χ1) is 9.83. The molecule has 0 bridgehead atoms. The highest BCUT2D eigenvalue weighted by molar-refractivity contribution is 7.89. The molecule has 1 aliphatic rings. The van der Waals surface area contributed by atoms with Gasteiger partial charge in [0.05, 0.1) is 12.0 Å². The van der Waals surface area contributed by atoms with Crippen LogP contribution in [0.3, 0.4) is 0 Å². The SMILES string of the molecule is COc1ccc(S(=O)(=O)NC2CNC(=O)C2)cc1C(=O)O. The number of methoxy groups -OCH3 is 1. The number of aromatic carboxylic acids is 1. The van der Waals surface area contributed by atoms with Crippen LogP contribution in [0.5, 0.6) is 5.75 Å². The van der Waals surface area contributed by atoms with Crippen molar-refractivity contribution in [3.8, 4) is 5.75 Å². The molecule has 0 radical (unpaired) electrons. The van der Waals surface area contributed by atoms with Crippen LogP contribution in [0.25, 0.3) is 0 Å². The molecule has 1 atom stereocenters. The van der Waals surface area contributed by atoms with E-state index in [0.717, 1.165) is 6.07 Å². The summed E-state index contributed by atoms with van der Waals surface area (Å²) in [7, 11) is -2.61. The fourth-order valence-electron chi connectivity index (χ4n) is 2.00. The van der Waals surface area contributed by atoms with Gasteiger partial charge in [0.1, 0.15) is 11.3 Å². The molecule has 0 spiro atoms. The number of nitrogens with one attached hydrogen (secondary N) is 2. The molecule has 1 unspecified atom stereocenters. The summed E-state index contributed by atoms with van der Waals surface area (Å²) in [4.78, 5) is 22.0. The molecule has 1 saturated heterocycles. The maximum Gasteiger partial charge on any atom is 0.339 e. The van der Waals surface area contributed by atoms with Gasteiger partial charge in [0.2, 0.25) is 15.9 Å². The number of carbonyl (C=O) groups excluding carboxylic acids is 1. The van der Waals surface area contributed by atoms with Gasteiger partial charge in [0, 0.05) is 19.0 Å². The molecule has 21 heavy (non-hydrogen) atoms. The van der Waals surface area contributed by atoms with Gasteiger partial charge in [-0.3, -0.25) is 4.79 Å². The summed E-state index contributed by atoms with van der Waals surface area (Å²) in [5.74, 6) is -1.45. The van der Waals surface area contributed by atoms with E-state index < -0.39 is 22.0 Å². The first-order valence-electron chi connectivity index (χ1n) is 6.04. The second-order valence-corrected chi connectivity index (χ2v) is 6.21. The third-order valence-electron chi connectivity index (χ3n) is 3.01. The van der Waals surface area contributed by atoms with Crippen LogP contribution in [0.2, 0.25) is 0 Å². The zero-order chi connectivity index (χ0) is 15.6. The van der Waals surface area contributed by atoms with Gasteiger partial charge in [0.15, 0.2) is 0 Å². The van der Waals surface area contributed by atoms with Crippen LogP contribution in [-0.4, -0.2) is 45.1 Å². The Morgan fingerprint density at radius 2 is 2.19 bits per heavy atom. The molecule has 1 aromatic rings. The van der Waals surface area contributed by atoms with E-state index in [1.54, 1.807) is 0 Å².